The van der Waals surface area contributed by atoms with Crippen molar-refractivity contribution in [3.8, 4) is 0 Å². The van der Waals surface area contributed by atoms with E-state index in [0.29, 0.717) is 0 Å². The first-order chi connectivity index (χ1) is 18.2. The Morgan fingerprint density at radius 2 is 1.26 bits per heavy atom. The maximum absolute atomic E-state index is 11.9. The second-order valence-electron chi connectivity index (χ2n) is 9.35. The standard InChI is InChI=1S/C21H37ClO17/c22-2-6(24)1-7(25)11(27)15(31)12(28)8(26)4-36-20-19(35)17(33)14(30)10(39-20)5-37-21-18(34)16(32)13(29)9(3-23)38-21/h6,8-21,23-24,26-35H,1-5H2/t6?,8-,9-,10-,11+,12-,13-,14-,15-,16+,17+,18-,19-,20+,21+/m1/s1. The minimum atomic E-state index is -2.21. The maximum Gasteiger partial charge on any atom is 0.186 e. The summed E-state index contributed by atoms with van der Waals surface area (Å²) in [5.74, 6) is -1.39. The third-order valence-corrected chi connectivity index (χ3v) is 6.74. The van der Waals surface area contributed by atoms with Gasteiger partial charge in [-0.05, 0) is 0 Å². The van der Waals surface area contributed by atoms with Crippen LogP contribution in [0.1, 0.15) is 6.42 Å². The molecule has 230 valence electrons. The lowest BCUT2D eigenvalue weighted by Gasteiger charge is -2.42. The summed E-state index contributed by atoms with van der Waals surface area (Å²) in [5.41, 5.74) is 0. The summed E-state index contributed by atoms with van der Waals surface area (Å²) in [6, 6.07) is 0. The van der Waals surface area contributed by atoms with Gasteiger partial charge in [-0.15, -0.1) is 11.6 Å². The Labute approximate surface area is 226 Å². The van der Waals surface area contributed by atoms with Gasteiger partial charge in [0.2, 0.25) is 0 Å². The van der Waals surface area contributed by atoms with Gasteiger partial charge in [-0.2, -0.15) is 0 Å². The van der Waals surface area contributed by atoms with Crippen molar-refractivity contribution in [2.45, 2.75) is 98.4 Å². The number of Topliss-reactive ketones (excluding diaryl/α,β-unsaturated/α-hetero) is 1. The number of carbonyl (C=O) groups is 1. The molecular formula is C21H37ClO17. The lowest BCUT2D eigenvalue weighted by Crippen LogP contribution is -2.62. The van der Waals surface area contributed by atoms with E-state index in [2.05, 4.69) is 0 Å². The molecule has 2 heterocycles. The van der Waals surface area contributed by atoms with Crippen LogP contribution in [0.15, 0.2) is 0 Å². The molecule has 39 heavy (non-hydrogen) atoms. The topological polar surface area (TPSA) is 297 Å². The van der Waals surface area contributed by atoms with Crippen LogP contribution in [0.3, 0.4) is 0 Å². The van der Waals surface area contributed by atoms with Crippen LogP contribution in [0.5, 0.6) is 0 Å². The Morgan fingerprint density at radius 3 is 1.79 bits per heavy atom. The van der Waals surface area contributed by atoms with E-state index in [9.17, 15) is 66.1 Å². The average Bonchev–Trinajstić information content (AvgIpc) is 2.92. The van der Waals surface area contributed by atoms with E-state index in [1.807, 2.05) is 0 Å². The highest BCUT2D eigenvalue weighted by atomic mass is 35.5. The van der Waals surface area contributed by atoms with Crippen LogP contribution in [0.2, 0.25) is 0 Å². The molecule has 2 saturated heterocycles. The van der Waals surface area contributed by atoms with Crippen LogP contribution in [-0.2, 0) is 23.7 Å². The molecule has 0 aromatic carbocycles. The van der Waals surface area contributed by atoms with Gasteiger partial charge in [0.25, 0.3) is 0 Å². The Morgan fingerprint density at radius 1 is 0.744 bits per heavy atom. The number of ether oxygens (including phenoxy) is 4. The summed E-state index contributed by atoms with van der Waals surface area (Å²) in [4.78, 5) is 11.9. The van der Waals surface area contributed by atoms with E-state index in [-0.39, 0.29) is 5.88 Å². The molecule has 12 N–H and O–H groups in total. The van der Waals surface area contributed by atoms with Crippen molar-refractivity contribution < 1.29 is 85.0 Å². The summed E-state index contributed by atoms with van der Waals surface area (Å²) in [5, 5.41) is 119. The zero-order valence-electron chi connectivity index (χ0n) is 20.5. The highest BCUT2D eigenvalue weighted by Crippen LogP contribution is 2.26. The molecule has 1 unspecified atom stereocenters. The highest BCUT2D eigenvalue weighted by Gasteiger charge is 2.48. The van der Waals surface area contributed by atoms with Gasteiger partial charge in [0.15, 0.2) is 18.4 Å². The normalized spacial score (nSPS) is 39.5. The fraction of sp³-hybridized carbons (Fsp3) is 0.952. The molecule has 15 atom stereocenters. The third kappa shape index (κ3) is 8.66. The molecule has 2 aliphatic rings. The SMILES string of the molecule is O=C(CC(O)CCl)[C@H](O)[C@@H](O)[C@H](O)[C@H](O)CO[C@H]1O[C@H](CO[C@H]2O[C@H](CO)[C@@H](O)[C@H](O)[C@H]2O)[C@@H](O)[C@H](O)[C@H]1O. The average molecular weight is 597 g/mol. The molecule has 18 heteroatoms. The molecule has 0 bridgehead atoms. The van der Waals surface area contributed by atoms with E-state index in [0.717, 1.165) is 0 Å². The molecule has 0 aliphatic carbocycles. The van der Waals surface area contributed by atoms with E-state index >= 15 is 0 Å². The second kappa shape index (κ2) is 15.5. The van der Waals surface area contributed by atoms with E-state index in [1.54, 1.807) is 0 Å². The molecule has 17 nitrogen and oxygen atoms in total. The van der Waals surface area contributed by atoms with Crippen molar-refractivity contribution in [2.24, 2.45) is 0 Å². The summed E-state index contributed by atoms with van der Waals surface area (Å²) >= 11 is 5.37. The van der Waals surface area contributed by atoms with Crippen LogP contribution in [0, 0.1) is 0 Å². The number of halogens is 1. The van der Waals surface area contributed by atoms with Gasteiger partial charge < -0.3 is 80.2 Å². The monoisotopic (exact) mass is 596 g/mol. The minimum Gasteiger partial charge on any atom is -0.394 e. The van der Waals surface area contributed by atoms with Crippen molar-refractivity contribution in [1.29, 1.82) is 0 Å². The van der Waals surface area contributed by atoms with Gasteiger partial charge in [-0.25, -0.2) is 0 Å². The Hall–Kier alpha value is -0.680. The van der Waals surface area contributed by atoms with E-state index in [1.165, 1.54) is 0 Å². The van der Waals surface area contributed by atoms with Gasteiger partial charge in [0.05, 0.1) is 25.9 Å². The molecule has 0 spiro atoms. The molecular weight excluding hydrogens is 560 g/mol. The minimum absolute atomic E-state index is 0.327. The van der Waals surface area contributed by atoms with E-state index < -0.39 is 124 Å². The Balaban J connectivity index is 1.94. The molecule has 2 aliphatic heterocycles. The van der Waals surface area contributed by atoms with Crippen molar-refractivity contribution in [3.63, 3.8) is 0 Å². The number of alkyl halides is 1. The van der Waals surface area contributed by atoms with Gasteiger partial charge >= 0.3 is 0 Å². The van der Waals surface area contributed by atoms with Gasteiger partial charge in [0.1, 0.15) is 73.2 Å². The zero-order chi connectivity index (χ0) is 29.6. The predicted octanol–water partition coefficient (Wildman–Crippen LogP) is -7.37. The number of carbonyl (C=O) groups excluding carboxylic acids is 1. The van der Waals surface area contributed by atoms with Gasteiger partial charge in [-0.1, -0.05) is 0 Å². The number of hydrogen-bond acceptors (Lipinski definition) is 17. The summed E-state index contributed by atoms with van der Waals surface area (Å²) < 4.78 is 20.9. The first kappa shape index (κ1) is 34.5. The smallest absolute Gasteiger partial charge is 0.186 e. The number of aliphatic hydroxyl groups is 12. The molecule has 0 amide bonds. The molecule has 0 saturated carbocycles. The Bertz CT molecular complexity index is 747. The first-order valence-corrected chi connectivity index (χ1v) is 12.5. The van der Waals surface area contributed by atoms with Crippen molar-refractivity contribution in [1.82, 2.24) is 0 Å². The summed E-state index contributed by atoms with van der Waals surface area (Å²) in [7, 11) is 0. The van der Waals surface area contributed by atoms with Crippen molar-refractivity contribution >= 4 is 17.4 Å². The summed E-state index contributed by atoms with van der Waals surface area (Å²) in [6.07, 6.45) is -27.2. The summed E-state index contributed by atoms with van der Waals surface area (Å²) in [6.45, 7) is -2.24. The molecule has 0 aromatic heterocycles. The van der Waals surface area contributed by atoms with Crippen LogP contribution < -0.4 is 0 Å². The second-order valence-corrected chi connectivity index (χ2v) is 9.66. The quantitative estimate of drug-likeness (QED) is 0.0828. The van der Waals surface area contributed by atoms with Gasteiger partial charge in [0, 0.05) is 12.3 Å². The lowest BCUT2D eigenvalue weighted by molar-refractivity contribution is -0.333. The van der Waals surface area contributed by atoms with Crippen molar-refractivity contribution in [3.05, 3.63) is 0 Å². The van der Waals surface area contributed by atoms with Crippen LogP contribution in [0.25, 0.3) is 0 Å². The number of ketones is 1. The van der Waals surface area contributed by atoms with Crippen LogP contribution >= 0.6 is 11.6 Å². The number of hydrogen-bond donors (Lipinski definition) is 12. The van der Waals surface area contributed by atoms with Gasteiger partial charge in [-0.3, -0.25) is 4.79 Å². The largest absolute Gasteiger partial charge is 0.394 e. The molecule has 2 rings (SSSR count). The first-order valence-electron chi connectivity index (χ1n) is 12.0. The van der Waals surface area contributed by atoms with Crippen LogP contribution in [0.4, 0.5) is 0 Å². The fourth-order valence-corrected chi connectivity index (χ4v) is 4.00. The molecule has 0 radical (unpaired) electrons. The highest BCUT2D eigenvalue weighted by molar-refractivity contribution is 6.18. The van der Waals surface area contributed by atoms with Crippen LogP contribution in [-0.4, -0.2) is 185 Å². The molecule has 0 aromatic rings. The maximum atomic E-state index is 11.9. The van der Waals surface area contributed by atoms with Crippen molar-refractivity contribution in [2.75, 3.05) is 25.7 Å². The predicted molar refractivity (Wildman–Crippen MR) is 123 cm³/mol. The zero-order valence-corrected chi connectivity index (χ0v) is 21.2. The molecule has 2 fully saturated rings. The third-order valence-electron chi connectivity index (χ3n) is 6.39. The Kier molecular flexibility index (Phi) is 13.7. The van der Waals surface area contributed by atoms with E-state index in [4.69, 9.17) is 30.5 Å². The fourth-order valence-electron chi connectivity index (χ4n) is 3.89. The lowest BCUT2D eigenvalue weighted by atomic mass is 9.97. The number of rotatable bonds is 14. The number of aliphatic hydroxyl groups excluding tert-OH is 12.